The zero-order valence-corrected chi connectivity index (χ0v) is 18.3. The Morgan fingerprint density at radius 3 is 2.90 bits per heavy atom. The number of carbonyl (C=O) groups is 1. The molecule has 0 radical (unpaired) electrons. The van der Waals surface area contributed by atoms with Crippen molar-refractivity contribution in [2.24, 2.45) is 23.2 Å². The number of rotatable bonds is 6. The minimum absolute atomic E-state index is 0.0199. The minimum Gasteiger partial charge on any atom is -0.468 e. The van der Waals surface area contributed by atoms with Gasteiger partial charge < -0.3 is 13.9 Å². The van der Waals surface area contributed by atoms with Gasteiger partial charge in [0.05, 0.1) is 24.8 Å². The molecule has 30 heavy (non-hydrogen) atoms. The Morgan fingerprint density at radius 2 is 2.13 bits per heavy atom. The Hall–Kier alpha value is -1.59. The summed E-state index contributed by atoms with van der Waals surface area (Å²) in [6.45, 7) is 7.84. The first kappa shape index (κ1) is 20.3. The van der Waals surface area contributed by atoms with Gasteiger partial charge in [0.15, 0.2) is 0 Å². The lowest BCUT2D eigenvalue weighted by Crippen LogP contribution is -2.42. The molecule has 5 rings (SSSR count). The van der Waals surface area contributed by atoms with Crippen LogP contribution in [0.5, 0.6) is 0 Å². The number of hydrogen-bond acceptors (Lipinski definition) is 5. The van der Waals surface area contributed by atoms with E-state index in [1.54, 1.807) is 11.8 Å². The van der Waals surface area contributed by atoms with Crippen LogP contribution in [0.4, 0.5) is 0 Å². The van der Waals surface area contributed by atoms with Gasteiger partial charge in [0.1, 0.15) is 11.9 Å². The average Bonchev–Trinajstić information content (AvgIpc) is 3.44. The van der Waals surface area contributed by atoms with Crippen LogP contribution in [0.25, 0.3) is 0 Å². The highest BCUT2D eigenvalue weighted by molar-refractivity contribution is 5.76. The van der Waals surface area contributed by atoms with E-state index < -0.39 is 0 Å². The molecule has 1 aromatic rings. The van der Waals surface area contributed by atoms with Crippen molar-refractivity contribution in [3.63, 3.8) is 0 Å². The molecule has 3 fully saturated rings. The summed E-state index contributed by atoms with van der Waals surface area (Å²) < 4.78 is 17.5. The smallest absolute Gasteiger partial charge is 0.311 e. The van der Waals surface area contributed by atoms with Gasteiger partial charge in [0.2, 0.25) is 0 Å². The van der Waals surface area contributed by atoms with Crippen LogP contribution in [0.1, 0.15) is 58.1 Å². The summed E-state index contributed by atoms with van der Waals surface area (Å²) in [5.74, 6) is 1.63. The Kier molecular flexibility index (Phi) is 5.53. The second kappa shape index (κ2) is 8.16. The third-order valence-corrected chi connectivity index (χ3v) is 7.98. The maximum Gasteiger partial charge on any atom is 0.311 e. The number of nitrogens with zero attached hydrogens (tertiary/aromatic N) is 1. The molecule has 5 heteroatoms. The molecule has 2 aliphatic carbocycles. The van der Waals surface area contributed by atoms with Gasteiger partial charge in [-0.2, -0.15) is 0 Å². The third-order valence-electron chi connectivity index (χ3n) is 7.98. The van der Waals surface area contributed by atoms with Crippen LogP contribution in [0, 0.1) is 23.2 Å². The summed E-state index contributed by atoms with van der Waals surface area (Å²) in [6, 6.07) is 3.94. The zero-order valence-electron chi connectivity index (χ0n) is 18.3. The van der Waals surface area contributed by atoms with Crippen LogP contribution < -0.4 is 0 Å². The molecule has 0 aromatic carbocycles. The van der Waals surface area contributed by atoms with Crippen LogP contribution in [0.2, 0.25) is 0 Å². The number of fused-ring (bicyclic) bond motifs is 2. The predicted octanol–water partition coefficient (Wildman–Crippen LogP) is 4.57. The number of furan rings is 1. The largest absolute Gasteiger partial charge is 0.468 e. The molecule has 0 N–H and O–H groups in total. The van der Waals surface area contributed by atoms with Gasteiger partial charge >= 0.3 is 5.97 Å². The highest BCUT2D eigenvalue weighted by Gasteiger charge is 2.52. The minimum atomic E-state index is -0.0995. The number of hydrogen-bond donors (Lipinski definition) is 0. The molecule has 5 nitrogen and oxygen atoms in total. The van der Waals surface area contributed by atoms with E-state index in [1.807, 2.05) is 12.1 Å². The molecular formula is C25H35NO4. The lowest BCUT2D eigenvalue weighted by Gasteiger charge is -2.46. The Labute approximate surface area is 179 Å². The lowest BCUT2D eigenvalue weighted by molar-refractivity contribution is -0.145. The van der Waals surface area contributed by atoms with Crippen molar-refractivity contribution >= 4 is 5.97 Å². The fraction of sp³-hybridized carbons (Fsp3) is 0.720. The van der Waals surface area contributed by atoms with Gasteiger partial charge in [-0.3, -0.25) is 9.69 Å². The topological polar surface area (TPSA) is 51.9 Å². The van der Waals surface area contributed by atoms with E-state index >= 15 is 0 Å². The number of esters is 1. The van der Waals surface area contributed by atoms with Crippen LogP contribution >= 0.6 is 0 Å². The quantitative estimate of drug-likeness (QED) is 0.505. The fourth-order valence-corrected chi connectivity index (χ4v) is 6.44. The van der Waals surface area contributed by atoms with E-state index in [2.05, 4.69) is 24.8 Å². The standard InChI is InChI=1S/C25H35NO4/c1-17-6-3-9-25(2)13-23-20(12-22(17)25)21(24(27)30-23)16-26(14-18-7-4-10-28-18)15-19-8-5-11-29-19/h4,7,10,12,17,19-21,23H,3,5-6,8-9,11,13-16H2,1-2H3/t17-,19-,20+,21-,23-,25+/m1/s1. The van der Waals surface area contributed by atoms with Gasteiger partial charge in [0.25, 0.3) is 0 Å². The molecular weight excluding hydrogens is 378 g/mol. The molecule has 3 heterocycles. The highest BCUT2D eigenvalue weighted by atomic mass is 16.6. The molecule has 0 amide bonds. The van der Waals surface area contributed by atoms with E-state index in [4.69, 9.17) is 13.9 Å². The summed E-state index contributed by atoms with van der Waals surface area (Å²) in [5, 5.41) is 0. The van der Waals surface area contributed by atoms with E-state index in [-0.39, 0.29) is 35.4 Å². The van der Waals surface area contributed by atoms with Crippen LogP contribution in [0.3, 0.4) is 0 Å². The van der Waals surface area contributed by atoms with Crippen LogP contribution in [-0.2, 0) is 20.8 Å². The maximum absolute atomic E-state index is 13.0. The van der Waals surface area contributed by atoms with Crippen molar-refractivity contribution in [3.8, 4) is 0 Å². The molecule has 4 aliphatic rings. The molecule has 6 atom stereocenters. The molecule has 164 valence electrons. The van der Waals surface area contributed by atoms with Crippen molar-refractivity contribution < 1.29 is 18.7 Å². The summed E-state index contributed by atoms with van der Waals surface area (Å²) in [5.41, 5.74) is 1.79. The molecule has 0 spiro atoms. The number of carbonyl (C=O) groups excluding carboxylic acids is 1. The van der Waals surface area contributed by atoms with Gasteiger partial charge in [-0.25, -0.2) is 0 Å². The Morgan fingerprint density at radius 1 is 1.23 bits per heavy atom. The van der Waals surface area contributed by atoms with Crippen LogP contribution in [0.15, 0.2) is 34.5 Å². The molecule has 2 saturated heterocycles. The van der Waals surface area contributed by atoms with Crippen molar-refractivity contribution in [1.29, 1.82) is 0 Å². The SMILES string of the molecule is C[C@@H]1CCC[C@@]2(C)C[C@H]3OC(=O)[C@H](CN(Cc4ccco4)C[C@H]4CCCO4)[C@@H]3C=C12. The van der Waals surface area contributed by atoms with E-state index in [0.29, 0.717) is 19.0 Å². The average molecular weight is 414 g/mol. The van der Waals surface area contributed by atoms with E-state index in [9.17, 15) is 4.79 Å². The van der Waals surface area contributed by atoms with Gasteiger partial charge in [0, 0.05) is 25.6 Å². The van der Waals surface area contributed by atoms with Gasteiger partial charge in [-0.05, 0) is 55.6 Å². The molecule has 1 saturated carbocycles. The predicted molar refractivity (Wildman–Crippen MR) is 114 cm³/mol. The van der Waals surface area contributed by atoms with Crippen molar-refractivity contribution in [3.05, 3.63) is 35.8 Å². The fourth-order valence-electron chi connectivity index (χ4n) is 6.44. The first-order valence-electron chi connectivity index (χ1n) is 11.8. The van der Waals surface area contributed by atoms with Crippen molar-refractivity contribution in [2.45, 2.75) is 71.1 Å². The summed E-state index contributed by atoms with van der Waals surface area (Å²) in [6.07, 6.45) is 11.4. The van der Waals surface area contributed by atoms with Gasteiger partial charge in [-0.15, -0.1) is 0 Å². The lowest BCUT2D eigenvalue weighted by atomic mass is 9.59. The molecule has 0 unspecified atom stereocenters. The number of allylic oxidation sites excluding steroid dienone is 1. The second-order valence-corrected chi connectivity index (χ2v) is 10.2. The molecule has 0 bridgehead atoms. The van der Waals surface area contributed by atoms with E-state index in [1.165, 1.54) is 19.3 Å². The zero-order chi connectivity index (χ0) is 20.7. The number of ether oxygens (including phenoxy) is 2. The summed E-state index contributed by atoms with van der Waals surface area (Å²) in [7, 11) is 0. The van der Waals surface area contributed by atoms with Crippen LogP contribution in [-0.4, -0.2) is 42.8 Å². The Bertz CT molecular complexity index is 781. The van der Waals surface area contributed by atoms with Crippen molar-refractivity contribution in [1.82, 2.24) is 4.90 Å². The third kappa shape index (κ3) is 3.87. The molecule has 2 aliphatic heterocycles. The van der Waals surface area contributed by atoms with E-state index in [0.717, 1.165) is 38.2 Å². The summed E-state index contributed by atoms with van der Waals surface area (Å²) >= 11 is 0. The molecule has 1 aromatic heterocycles. The van der Waals surface area contributed by atoms with Gasteiger partial charge in [-0.1, -0.05) is 31.9 Å². The normalized spacial score (nSPS) is 38.3. The Balaban J connectivity index is 1.36. The maximum atomic E-state index is 13.0. The monoisotopic (exact) mass is 413 g/mol. The first-order valence-corrected chi connectivity index (χ1v) is 11.8. The first-order chi connectivity index (χ1) is 14.5. The summed E-state index contributed by atoms with van der Waals surface area (Å²) in [4.78, 5) is 15.3. The highest BCUT2D eigenvalue weighted by Crippen LogP contribution is 2.54. The second-order valence-electron chi connectivity index (χ2n) is 10.2. The van der Waals surface area contributed by atoms with Crippen molar-refractivity contribution in [2.75, 3.05) is 19.7 Å².